The van der Waals surface area contributed by atoms with Gasteiger partial charge in [0, 0.05) is 53.7 Å². The fourth-order valence-electron chi connectivity index (χ4n) is 5.51. The smallest absolute Gasteiger partial charge is 0.160 e. The highest BCUT2D eigenvalue weighted by Gasteiger charge is 2.34. The van der Waals surface area contributed by atoms with Crippen LogP contribution in [-0.2, 0) is 6.42 Å². The molecule has 2 atom stereocenters. The van der Waals surface area contributed by atoms with Gasteiger partial charge in [-0.2, -0.15) is 0 Å². The summed E-state index contributed by atoms with van der Waals surface area (Å²) in [6.07, 6.45) is 12.9. The van der Waals surface area contributed by atoms with Gasteiger partial charge in [0.2, 0.25) is 0 Å². The van der Waals surface area contributed by atoms with Gasteiger partial charge in [0.1, 0.15) is 5.82 Å². The third-order valence-electron chi connectivity index (χ3n) is 7.32. The number of rotatable bonds is 8. The average Bonchev–Trinajstić information content (AvgIpc) is 3.76. The molecule has 1 aromatic carbocycles. The zero-order valence-corrected chi connectivity index (χ0v) is 23.8. The summed E-state index contributed by atoms with van der Waals surface area (Å²) in [6.45, 7) is 10.4. The van der Waals surface area contributed by atoms with Gasteiger partial charge in [0.15, 0.2) is 5.82 Å². The van der Waals surface area contributed by atoms with Crippen molar-refractivity contribution in [2.75, 3.05) is 7.05 Å². The van der Waals surface area contributed by atoms with Crippen molar-refractivity contribution >= 4 is 0 Å². The SMILES string of the molecule is C=CCC1CCc2c(-c3ccccc3F)nc(-c3ccnc(C4CC4)c3)nc2C1C/C(C)=C/N(C)N.CCC. The van der Waals surface area contributed by atoms with Crippen LogP contribution >= 0.6 is 0 Å². The molecule has 5 nitrogen and oxygen atoms in total. The summed E-state index contributed by atoms with van der Waals surface area (Å²) in [6, 6.07) is 11.0. The Labute approximate surface area is 233 Å². The molecular weight excluding hydrogens is 485 g/mol. The Morgan fingerprint density at radius 1 is 1.15 bits per heavy atom. The zero-order valence-electron chi connectivity index (χ0n) is 23.8. The maximum atomic E-state index is 15.1. The predicted molar refractivity (Wildman–Crippen MR) is 158 cm³/mol. The number of nitrogens with zero attached hydrogens (tertiary/aromatic N) is 4. The predicted octanol–water partition coefficient (Wildman–Crippen LogP) is 7.96. The van der Waals surface area contributed by atoms with Crippen LogP contribution in [0.1, 0.15) is 88.1 Å². The van der Waals surface area contributed by atoms with Crippen LogP contribution in [0.5, 0.6) is 0 Å². The second-order valence-corrected chi connectivity index (χ2v) is 11.0. The second kappa shape index (κ2) is 13.1. The van der Waals surface area contributed by atoms with Crippen molar-refractivity contribution in [3.63, 3.8) is 0 Å². The van der Waals surface area contributed by atoms with Gasteiger partial charge in [0.25, 0.3) is 0 Å². The van der Waals surface area contributed by atoms with Crippen LogP contribution in [0, 0.1) is 11.7 Å². The van der Waals surface area contributed by atoms with E-state index in [4.69, 9.17) is 15.8 Å². The van der Waals surface area contributed by atoms with Crippen LogP contribution in [0.3, 0.4) is 0 Å². The molecule has 2 aliphatic rings. The normalized spacial score (nSPS) is 18.6. The van der Waals surface area contributed by atoms with Crippen LogP contribution in [0.4, 0.5) is 4.39 Å². The molecule has 5 rings (SSSR count). The number of allylic oxidation sites excluding steroid dienone is 2. The van der Waals surface area contributed by atoms with E-state index in [1.807, 2.05) is 43.7 Å². The summed E-state index contributed by atoms with van der Waals surface area (Å²) < 4.78 is 15.1. The van der Waals surface area contributed by atoms with E-state index in [1.165, 1.54) is 30.9 Å². The van der Waals surface area contributed by atoms with Gasteiger partial charge in [0.05, 0.1) is 11.4 Å². The van der Waals surface area contributed by atoms with Crippen LogP contribution in [0.2, 0.25) is 0 Å². The number of pyridine rings is 1. The van der Waals surface area contributed by atoms with Crippen molar-refractivity contribution < 1.29 is 4.39 Å². The number of hydrogen-bond acceptors (Lipinski definition) is 5. The van der Waals surface area contributed by atoms with Gasteiger partial charge < -0.3 is 5.01 Å². The minimum absolute atomic E-state index is 0.167. The van der Waals surface area contributed by atoms with Gasteiger partial charge >= 0.3 is 0 Å². The number of aromatic nitrogens is 3. The molecule has 0 saturated heterocycles. The van der Waals surface area contributed by atoms with Crippen LogP contribution in [0.25, 0.3) is 22.6 Å². The summed E-state index contributed by atoms with van der Waals surface area (Å²) in [5.41, 5.74) is 6.52. The molecule has 3 aromatic rings. The second-order valence-electron chi connectivity index (χ2n) is 11.0. The van der Waals surface area contributed by atoms with E-state index in [0.717, 1.165) is 48.2 Å². The van der Waals surface area contributed by atoms with E-state index >= 15 is 4.39 Å². The van der Waals surface area contributed by atoms with Crippen LogP contribution in [0.15, 0.2) is 67.0 Å². The standard InChI is InChI=1S/C30H34FN5.C3H8/c1-4-7-20-12-13-24-28(23-8-5-6-9-26(23)31)34-30(22-14-15-33-27(17-22)21-10-11-21)35-29(24)25(20)16-19(2)18-36(3)32;1-3-2/h4-6,8-9,14-15,17-18,20-21,25H,1,7,10-13,16,32H2,2-3H3;3H2,1-2H3/b19-18+;. The van der Waals surface area contributed by atoms with Gasteiger partial charge in [-0.25, -0.2) is 20.2 Å². The molecule has 1 saturated carbocycles. The zero-order chi connectivity index (χ0) is 27.9. The maximum Gasteiger partial charge on any atom is 0.160 e. The lowest BCUT2D eigenvalue weighted by Crippen LogP contribution is -2.25. The molecule has 0 aliphatic heterocycles. The molecule has 2 N–H and O–H groups in total. The van der Waals surface area contributed by atoms with E-state index in [-0.39, 0.29) is 11.7 Å². The number of nitrogens with two attached hydrogens (primary N) is 1. The highest BCUT2D eigenvalue weighted by atomic mass is 19.1. The lowest BCUT2D eigenvalue weighted by molar-refractivity contribution is 0.361. The Morgan fingerprint density at radius 3 is 2.56 bits per heavy atom. The van der Waals surface area contributed by atoms with E-state index in [2.05, 4.69) is 38.4 Å². The summed E-state index contributed by atoms with van der Waals surface area (Å²) >= 11 is 0. The summed E-state index contributed by atoms with van der Waals surface area (Å²) in [5, 5.41) is 1.59. The van der Waals surface area contributed by atoms with Crippen LogP contribution in [-0.4, -0.2) is 27.0 Å². The first-order valence-electron chi connectivity index (χ1n) is 14.2. The molecule has 206 valence electrons. The Bertz CT molecular complexity index is 1310. The molecule has 39 heavy (non-hydrogen) atoms. The van der Waals surface area contributed by atoms with Crippen molar-refractivity contribution in [1.82, 2.24) is 20.0 Å². The van der Waals surface area contributed by atoms with Crippen molar-refractivity contribution in [2.24, 2.45) is 11.8 Å². The molecule has 0 radical (unpaired) electrons. The average molecular weight is 528 g/mol. The minimum atomic E-state index is -0.261. The van der Waals surface area contributed by atoms with E-state index in [9.17, 15) is 0 Å². The lowest BCUT2D eigenvalue weighted by Gasteiger charge is -2.34. The maximum absolute atomic E-state index is 15.1. The molecule has 2 aliphatic carbocycles. The van der Waals surface area contributed by atoms with E-state index < -0.39 is 0 Å². The van der Waals surface area contributed by atoms with Crippen LogP contribution < -0.4 is 5.84 Å². The lowest BCUT2D eigenvalue weighted by atomic mass is 9.72. The first-order chi connectivity index (χ1) is 18.9. The topological polar surface area (TPSA) is 67.9 Å². The molecule has 6 heteroatoms. The summed E-state index contributed by atoms with van der Waals surface area (Å²) in [7, 11) is 1.83. The monoisotopic (exact) mass is 527 g/mol. The highest BCUT2D eigenvalue weighted by Crippen LogP contribution is 2.45. The summed E-state index contributed by atoms with van der Waals surface area (Å²) in [5.74, 6) is 7.38. The molecule has 2 aromatic heterocycles. The first-order valence-corrected chi connectivity index (χ1v) is 14.2. The first kappa shape index (κ1) is 28.6. The quantitative estimate of drug-likeness (QED) is 0.183. The Kier molecular flexibility index (Phi) is 9.63. The third-order valence-corrected chi connectivity index (χ3v) is 7.32. The molecule has 0 amide bonds. The van der Waals surface area contributed by atoms with Crippen molar-refractivity contribution in [1.29, 1.82) is 0 Å². The van der Waals surface area contributed by atoms with E-state index in [1.54, 1.807) is 11.1 Å². The van der Waals surface area contributed by atoms with E-state index in [0.29, 0.717) is 28.9 Å². The molecule has 2 unspecified atom stereocenters. The fraction of sp³-hybridized carbons (Fsp3) is 0.424. The molecule has 2 heterocycles. The highest BCUT2D eigenvalue weighted by molar-refractivity contribution is 5.69. The van der Waals surface area contributed by atoms with Crippen molar-refractivity contribution in [2.45, 2.75) is 77.6 Å². The van der Waals surface area contributed by atoms with Gasteiger partial charge in [-0.3, -0.25) is 4.98 Å². The molecule has 1 fully saturated rings. The Morgan fingerprint density at radius 2 is 1.90 bits per heavy atom. The fourth-order valence-corrected chi connectivity index (χ4v) is 5.51. The Balaban J connectivity index is 0.00000112. The molecular formula is C33H42FN5. The largest absolute Gasteiger partial charge is 0.321 e. The van der Waals surface area contributed by atoms with Gasteiger partial charge in [-0.05, 0) is 75.6 Å². The van der Waals surface area contributed by atoms with Gasteiger partial charge in [-0.1, -0.05) is 44.1 Å². The number of fused-ring (bicyclic) bond motifs is 1. The number of hydrogen-bond donors (Lipinski definition) is 1. The summed E-state index contributed by atoms with van der Waals surface area (Å²) in [4.78, 5) is 14.8. The third kappa shape index (κ3) is 6.99. The van der Waals surface area contributed by atoms with Gasteiger partial charge in [-0.15, -0.1) is 6.58 Å². The molecule has 0 spiro atoms. The number of hydrazine groups is 1. The van der Waals surface area contributed by atoms with Crippen molar-refractivity contribution in [3.8, 4) is 22.6 Å². The Hall–Kier alpha value is -3.38. The molecule has 0 bridgehead atoms. The minimum Gasteiger partial charge on any atom is -0.321 e. The number of halogens is 1. The van der Waals surface area contributed by atoms with Crippen molar-refractivity contribution in [3.05, 3.63) is 89.8 Å². The number of benzene rings is 1.